The number of amides is 2. The molecule has 0 aliphatic carbocycles. The minimum atomic E-state index is -4.34. The molecular formula is C21H20N2O5S2. The lowest BCUT2D eigenvalue weighted by Gasteiger charge is -2.21. The van der Waals surface area contributed by atoms with Crippen molar-refractivity contribution in [2.75, 3.05) is 4.31 Å². The lowest BCUT2D eigenvalue weighted by molar-refractivity contribution is 0.257. The van der Waals surface area contributed by atoms with E-state index in [1.165, 1.54) is 42.5 Å². The molecule has 0 saturated heterocycles. The second kappa shape index (κ2) is 7.92. The highest BCUT2D eigenvalue weighted by Crippen LogP contribution is 2.29. The molecule has 156 valence electrons. The van der Waals surface area contributed by atoms with Gasteiger partial charge in [-0.15, -0.1) is 0 Å². The van der Waals surface area contributed by atoms with Crippen LogP contribution in [0, 0.1) is 13.8 Å². The average Bonchev–Trinajstić information content (AvgIpc) is 2.68. The van der Waals surface area contributed by atoms with E-state index in [0.717, 1.165) is 17.2 Å². The van der Waals surface area contributed by atoms with Crippen molar-refractivity contribution in [1.29, 1.82) is 0 Å². The molecule has 30 heavy (non-hydrogen) atoms. The second-order valence-electron chi connectivity index (χ2n) is 6.73. The number of sulfonamides is 1. The van der Waals surface area contributed by atoms with Gasteiger partial charge in [0, 0.05) is 0 Å². The number of carbonyl (C=O) groups excluding carboxylic acids is 1. The number of aryl methyl sites for hydroxylation is 2. The van der Waals surface area contributed by atoms with Gasteiger partial charge in [0.25, 0.3) is 10.0 Å². The van der Waals surface area contributed by atoms with E-state index in [9.17, 15) is 21.6 Å². The molecule has 0 radical (unpaired) electrons. The van der Waals surface area contributed by atoms with Crippen molar-refractivity contribution in [3.05, 3.63) is 83.9 Å². The fourth-order valence-electron chi connectivity index (χ4n) is 2.83. The Morgan fingerprint density at radius 1 is 0.733 bits per heavy atom. The van der Waals surface area contributed by atoms with Crippen LogP contribution in [-0.4, -0.2) is 22.9 Å². The Morgan fingerprint density at radius 3 is 1.73 bits per heavy atom. The molecule has 3 rings (SSSR count). The molecule has 3 aromatic carbocycles. The molecule has 3 aromatic rings. The Labute approximate surface area is 175 Å². The van der Waals surface area contributed by atoms with E-state index in [2.05, 4.69) is 0 Å². The highest BCUT2D eigenvalue weighted by atomic mass is 32.2. The molecule has 7 nitrogen and oxygen atoms in total. The first-order valence-corrected chi connectivity index (χ1v) is 11.8. The summed E-state index contributed by atoms with van der Waals surface area (Å²) in [6, 6.07) is 16.0. The fraction of sp³-hybridized carbons (Fsp3) is 0.0952. The zero-order valence-electron chi connectivity index (χ0n) is 16.3. The van der Waals surface area contributed by atoms with E-state index in [0.29, 0.717) is 4.31 Å². The molecule has 0 spiro atoms. The molecule has 2 amide bonds. The summed E-state index contributed by atoms with van der Waals surface area (Å²) in [7, 11) is -8.27. The molecule has 0 aromatic heterocycles. The molecule has 0 heterocycles. The lowest BCUT2D eigenvalue weighted by atomic mass is 10.2. The van der Waals surface area contributed by atoms with Gasteiger partial charge in [-0.3, -0.25) is 0 Å². The van der Waals surface area contributed by atoms with Crippen LogP contribution in [0.25, 0.3) is 0 Å². The van der Waals surface area contributed by atoms with Crippen molar-refractivity contribution in [3.8, 4) is 0 Å². The number of urea groups is 1. The van der Waals surface area contributed by atoms with Gasteiger partial charge in [-0.1, -0.05) is 41.5 Å². The summed E-state index contributed by atoms with van der Waals surface area (Å²) in [4.78, 5) is 11.8. The maximum Gasteiger partial charge on any atom is 0.333 e. The standard InChI is InChI=1S/C21H20N2O5S2/c1-15-6-10-18(11-7-15)29(25,26)20-5-3-4-17(14-20)23(21(22)24)30(27,28)19-12-8-16(2)9-13-19/h3-14H,1-2H3,(H2,22,24). The number of anilines is 1. The number of nitrogens with two attached hydrogens (primary N) is 1. The number of nitrogens with zero attached hydrogens (tertiary/aromatic N) is 1. The SMILES string of the molecule is Cc1ccc(S(=O)(=O)c2cccc(N(C(N)=O)S(=O)(=O)c3ccc(C)cc3)c2)cc1. The molecule has 0 atom stereocenters. The van der Waals surface area contributed by atoms with Crippen LogP contribution in [0.1, 0.15) is 11.1 Å². The molecule has 0 aliphatic rings. The van der Waals surface area contributed by atoms with Gasteiger partial charge < -0.3 is 5.73 Å². The van der Waals surface area contributed by atoms with Crippen molar-refractivity contribution in [1.82, 2.24) is 0 Å². The zero-order valence-corrected chi connectivity index (χ0v) is 17.9. The predicted octanol–water partition coefficient (Wildman–Crippen LogP) is 3.41. The normalized spacial score (nSPS) is 11.8. The number of hydrogen-bond acceptors (Lipinski definition) is 5. The van der Waals surface area contributed by atoms with E-state index in [4.69, 9.17) is 5.73 Å². The van der Waals surface area contributed by atoms with Gasteiger partial charge in [0.2, 0.25) is 9.84 Å². The molecular weight excluding hydrogens is 424 g/mol. The second-order valence-corrected chi connectivity index (χ2v) is 10.5. The topological polar surface area (TPSA) is 115 Å². The van der Waals surface area contributed by atoms with Crippen LogP contribution in [0.4, 0.5) is 10.5 Å². The van der Waals surface area contributed by atoms with Crippen molar-refractivity contribution in [2.24, 2.45) is 5.73 Å². The fourth-order valence-corrected chi connectivity index (χ4v) is 5.45. The van der Waals surface area contributed by atoms with Crippen molar-refractivity contribution < 1.29 is 21.6 Å². The minimum Gasteiger partial charge on any atom is -0.350 e. The molecule has 0 bridgehead atoms. The Morgan fingerprint density at radius 2 is 1.23 bits per heavy atom. The highest BCUT2D eigenvalue weighted by Gasteiger charge is 2.30. The van der Waals surface area contributed by atoms with Gasteiger partial charge in [-0.25, -0.2) is 21.6 Å². The molecule has 0 fully saturated rings. The first-order valence-electron chi connectivity index (χ1n) is 8.87. The van der Waals surface area contributed by atoms with Crippen molar-refractivity contribution >= 4 is 31.6 Å². The van der Waals surface area contributed by atoms with Crippen LogP contribution < -0.4 is 10.0 Å². The number of sulfone groups is 1. The van der Waals surface area contributed by atoms with Gasteiger partial charge in [-0.05, 0) is 56.3 Å². The van der Waals surface area contributed by atoms with Crippen LogP contribution in [0.15, 0.2) is 87.5 Å². The smallest absolute Gasteiger partial charge is 0.333 e. The molecule has 0 saturated carbocycles. The van der Waals surface area contributed by atoms with Crippen LogP contribution in [0.5, 0.6) is 0 Å². The molecule has 9 heteroatoms. The first kappa shape index (κ1) is 21.5. The molecule has 0 unspecified atom stereocenters. The summed E-state index contributed by atoms with van der Waals surface area (Å²) in [6.07, 6.45) is 0. The van der Waals surface area contributed by atoms with Gasteiger partial charge in [0.15, 0.2) is 0 Å². The van der Waals surface area contributed by atoms with E-state index in [1.54, 1.807) is 31.2 Å². The number of primary amides is 1. The van der Waals surface area contributed by atoms with E-state index in [-0.39, 0.29) is 20.4 Å². The predicted molar refractivity (Wildman–Crippen MR) is 114 cm³/mol. The number of carbonyl (C=O) groups is 1. The van der Waals surface area contributed by atoms with E-state index >= 15 is 0 Å². The van der Waals surface area contributed by atoms with Crippen LogP contribution in [0.3, 0.4) is 0 Å². The maximum atomic E-state index is 13.0. The van der Waals surface area contributed by atoms with Gasteiger partial charge in [-0.2, -0.15) is 4.31 Å². The highest BCUT2D eigenvalue weighted by molar-refractivity contribution is 7.93. The van der Waals surface area contributed by atoms with Crippen LogP contribution in [0.2, 0.25) is 0 Å². The monoisotopic (exact) mass is 444 g/mol. The summed E-state index contributed by atoms with van der Waals surface area (Å²) in [6.45, 7) is 3.62. The summed E-state index contributed by atoms with van der Waals surface area (Å²) in [5.74, 6) is 0. The Bertz CT molecular complexity index is 1300. The number of rotatable bonds is 5. The molecule has 0 aliphatic heterocycles. The van der Waals surface area contributed by atoms with Crippen molar-refractivity contribution in [2.45, 2.75) is 28.5 Å². The summed E-state index contributed by atoms with van der Waals surface area (Å²) < 4.78 is 52.4. The zero-order chi connectivity index (χ0) is 22.1. The minimum absolute atomic E-state index is 0.0530. The first-order chi connectivity index (χ1) is 14.0. The van der Waals surface area contributed by atoms with E-state index in [1.807, 2.05) is 6.92 Å². The third kappa shape index (κ3) is 4.07. The Balaban J connectivity index is 2.11. The third-order valence-electron chi connectivity index (χ3n) is 4.45. The third-order valence-corrected chi connectivity index (χ3v) is 7.96. The lowest BCUT2D eigenvalue weighted by Crippen LogP contribution is -2.40. The number of benzene rings is 3. The Hall–Kier alpha value is -3.17. The Kier molecular flexibility index (Phi) is 5.69. The quantitative estimate of drug-likeness (QED) is 0.648. The molecule has 2 N–H and O–H groups in total. The maximum absolute atomic E-state index is 13.0. The largest absolute Gasteiger partial charge is 0.350 e. The average molecular weight is 445 g/mol. The van der Waals surface area contributed by atoms with Crippen LogP contribution in [-0.2, 0) is 19.9 Å². The number of hydrogen-bond donors (Lipinski definition) is 1. The van der Waals surface area contributed by atoms with Crippen LogP contribution >= 0.6 is 0 Å². The van der Waals surface area contributed by atoms with Gasteiger partial charge >= 0.3 is 6.03 Å². The summed E-state index contributed by atoms with van der Waals surface area (Å²) >= 11 is 0. The summed E-state index contributed by atoms with van der Waals surface area (Å²) in [5, 5.41) is 0. The summed E-state index contributed by atoms with van der Waals surface area (Å²) in [5.41, 5.74) is 6.93. The van der Waals surface area contributed by atoms with Gasteiger partial charge in [0.05, 0.1) is 20.4 Å². The van der Waals surface area contributed by atoms with Crippen molar-refractivity contribution in [3.63, 3.8) is 0 Å². The van der Waals surface area contributed by atoms with Gasteiger partial charge in [0.1, 0.15) is 0 Å². The van der Waals surface area contributed by atoms with E-state index < -0.39 is 25.9 Å².